The van der Waals surface area contributed by atoms with Crippen molar-refractivity contribution in [1.82, 2.24) is 10.3 Å². The predicted molar refractivity (Wildman–Crippen MR) is 72.5 cm³/mol. The van der Waals surface area contributed by atoms with Gasteiger partial charge in [-0.2, -0.15) is 0 Å². The van der Waals surface area contributed by atoms with E-state index < -0.39 is 0 Å². The monoisotopic (exact) mass is 250 g/mol. The number of thiophene rings is 1. The van der Waals surface area contributed by atoms with E-state index in [1.165, 1.54) is 10.3 Å². The van der Waals surface area contributed by atoms with Crippen molar-refractivity contribution < 1.29 is 4.74 Å². The highest BCUT2D eigenvalue weighted by atomic mass is 32.1. The third-order valence-electron chi connectivity index (χ3n) is 2.67. The van der Waals surface area contributed by atoms with Crippen LogP contribution in [-0.2, 0) is 4.74 Å². The maximum Gasteiger partial charge on any atom is 0.0809 e. The number of nitrogens with zero attached hydrogens (tertiary/aromatic N) is 1. The second-order valence-electron chi connectivity index (χ2n) is 3.84. The Morgan fingerprint density at radius 3 is 3.12 bits per heavy atom. The Hall–Kier alpha value is -0.970. The normalized spacial score (nSPS) is 13.1. The molecule has 0 aromatic carbocycles. The zero-order chi connectivity index (χ0) is 12.1. The zero-order valence-corrected chi connectivity index (χ0v) is 11.1. The molecule has 4 heteroatoms. The highest BCUT2D eigenvalue weighted by Crippen LogP contribution is 2.22. The lowest BCUT2D eigenvalue weighted by Gasteiger charge is -2.17. The Labute approximate surface area is 106 Å². The minimum Gasteiger partial charge on any atom is -0.380 e. The molecule has 17 heavy (non-hydrogen) atoms. The first kappa shape index (κ1) is 12.5. The Kier molecular flexibility index (Phi) is 4.48. The lowest BCUT2D eigenvalue weighted by molar-refractivity contribution is 0.123. The van der Waals surface area contributed by atoms with Gasteiger partial charge in [-0.25, -0.2) is 0 Å². The van der Waals surface area contributed by atoms with Crippen LogP contribution in [0.3, 0.4) is 0 Å². The van der Waals surface area contributed by atoms with Crippen molar-refractivity contribution >= 4 is 21.6 Å². The molecule has 2 rings (SSSR count). The average molecular weight is 250 g/mol. The van der Waals surface area contributed by atoms with Crippen LogP contribution in [0.25, 0.3) is 10.2 Å². The van der Waals surface area contributed by atoms with E-state index in [0.717, 1.165) is 18.7 Å². The second-order valence-corrected chi connectivity index (χ2v) is 4.79. The van der Waals surface area contributed by atoms with Gasteiger partial charge in [0.2, 0.25) is 0 Å². The first-order chi connectivity index (χ1) is 8.35. The SMILES string of the molecule is CCNC(COCC)c1cnc2ccsc2c1. The van der Waals surface area contributed by atoms with Crippen LogP contribution in [0, 0.1) is 0 Å². The molecule has 0 amide bonds. The number of pyridine rings is 1. The molecular weight excluding hydrogens is 232 g/mol. The molecule has 2 aromatic rings. The third kappa shape index (κ3) is 3.03. The first-order valence-corrected chi connectivity index (χ1v) is 6.87. The van der Waals surface area contributed by atoms with E-state index in [2.05, 4.69) is 34.7 Å². The van der Waals surface area contributed by atoms with Crippen LogP contribution in [-0.4, -0.2) is 24.7 Å². The molecule has 0 spiro atoms. The maximum atomic E-state index is 5.51. The molecule has 0 aliphatic carbocycles. The fourth-order valence-corrected chi connectivity index (χ4v) is 2.60. The lowest BCUT2D eigenvalue weighted by atomic mass is 10.1. The number of fused-ring (bicyclic) bond motifs is 1. The van der Waals surface area contributed by atoms with Crippen LogP contribution >= 0.6 is 11.3 Å². The second kappa shape index (κ2) is 6.10. The van der Waals surface area contributed by atoms with Gasteiger partial charge in [0.15, 0.2) is 0 Å². The molecule has 1 N–H and O–H groups in total. The van der Waals surface area contributed by atoms with Gasteiger partial charge in [-0.15, -0.1) is 11.3 Å². The van der Waals surface area contributed by atoms with Crippen LogP contribution in [0.5, 0.6) is 0 Å². The van der Waals surface area contributed by atoms with Crippen molar-refractivity contribution in [1.29, 1.82) is 0 Å². The van der Waals surface area contributed by atoms with Crippen LogP contribution in [0.1, 0.15) is 25.5 Å². The minimum atomic E-state index is 0.235. The van der Waals surface area contributed by atoms with Gasteiger partial charge in [0.1, 0.15) is 0 Å². The van der Waals surface area contributed by atoms with Crippen LogP contribution in [0.2, 0.25) is 0 Å². The molecule has 2 aromatic heterocycles. The van der Waals surface area contributed by atoms with E-state index in [1.807, 2.05) is 13.1 Å². The summed E-state index contributed by atoms with van der Waals surface area (Å²) in [6.45, 7) is 6.50. The molecule has 0 bridgehead atoms. The summed E-state index contributed by atoms with van der Waals surface area (Å²) in [5, 5.41) is 5.51. The van der Waals surface area contributed by atoms with E-state index in [4.69, 9.17) is 4.74 Å². The van der Waals surface area contributed by atoms with Gasteiger partial charge >= 0.3 is 0 Å². The summed E-state index contributed by atoms with van der Waals surface area (Å²) >= 11 is 1.73. The molecule has 0 saturated carbocycles. The van der Waals surface area contributed by atoms with Crippen molar-refractivity contribution in [3.63, 3.8) is 0 Å². The topological polar surface area (TPSA) is 34.1 Å². The van der Waals surface area contributed by atoms with Gasteiger partial charge in [-0.1, -0.05) is 6.92 Å². The Morgan fingerprint density at radius 1 is 1.47 bits per heavy atom. The number of rotatable bonds is 6. The molecule has 1 atom stereocenters. The van der Waals surface area contributed by atoms with Crippen molar-refractivity contribution in [2.45, 2.75) is 19.9 Å². The molecule has 92 valence electrons. The zero-order valence-electron chi connectivity index (χ0n) is 10.3. The predicted octanol–water partition coefficient (Wildman–Crippen LogP) is 2.98. The number of hydrogen-bond donors (Lipinski definition) is 1. The van der Waals surface area contributed by atoms with Crippen molar-refractivity contribution in [2.75, 3.05) is 19.8 Å². The molecule has 2 heterocycles. The largest absolute Gasteiger partial charge is 0.380 e. The van der Waals surface area contributed by atoms with Crippen LogP contribution < -0.4 is 5.32 Å². The highest BCUT2D eigenvalue weighted by Gasteiger charge is 2.11. The number of likely N-dealkylation sites (N-methyl/N-ethyl adjacent to an activating group) is 1. The van der Waals surface area contributed by atoms with Gasteiger partial charge in [0, 0.05) is 12.8 Å². The molecule has 0 saturated heterocycles. The highest BCUT2D eigenvalue weighted by molar-refractivity contribution is 7.17. The van der Waals surface area contributed by atoms with Gasteiger partial charge in [0.05, 0.1) is 22.9 Å². The number of hydrogen-bond acceptors (Lipinski definition) is 4. The summed E-state index contributed by atoms with van der Waals surface area (Å²) in [7, 11) is 0. The smallest absolute Gasteiger partial charge is 0.0809 e. The third-order valence-corrected chi connectivity index (χ3v) is 3.52. The fourth-order valence-electron chi connectivity index (χ4n) is 1.81. The van der Waals surface area contributed by atoms with E-state index in [9.17, 15) is 0 Å². The minimum absolute atomic E-state index is 0.235. The average Bonchev–Trinajstić information content (AvgIpc) is 2.81. The first-order valence-electron chi connectivity index (χ1n) is 5.99. The van der Waals surface area contributed by atoms with Gasteiger partial charge in [0.25, 0.3) is 0 Å². The summed E-state index contributed by atoms with van der Waals surface area (Å²) in [4.78, 5) is 4.47. The quantitative estimate of drug-likeness (QED) is 0.856. The molecule has 0 aliphatic heterocycles. The van der Waals surface area contributed by atoms with Crippen molar-refractivity contribution in [3.05, 3.63) is 29.3 Å². The summed E-state index contributed by atoms with van der Waals surface area (Å²) in [5.74, 6) is 0. The fraction of sp³-hybridized carbons (Fsp3) is 0.462. The van der Waals surface area contributed by atoms with E-state index in [1.54, 1.807) is 11.3 Å². The van der Waals surface area contributed by atoms with Crippen molar-refractivity contribution in [3.8, 4) is 0 Å². The standard InChI is InChI=1S/C13H18N2OS/c1-3-14-12(9-16-4-2)10-7-13-11(15-8-10)5-6-17-13/h5-8,12,14H,3-4,9H2,1-2H3. The summed E-state index contributed by atoms with van der Waals surface area (Å²) in [5.41, 5.74) is 2.28. The van der Waals surface area contributed by atoms with Crippen LogP contribution in [0.4, 0.5) is 0 Å². The Bertz CT molecular complexity index is 469. The van der Waals surface area contributed by atoms with Crippen molar-refractivity contribution in [2.24, 2.45) is 0 Å². The number of ether oxygens (including phenoxy) is 1. The van der Waals surface area contributed by atoms with Gasteiger partial charge < -0.3 is 10.1 Å². The van der Waals surface area contributed by atoms with Gasteiger partial charge in [-0.05, 0) is 36.5 Å². The van der Waals surface area contributed by atoms with Crippen LogP contribution in [0.15, 0.2) is 23.7 Å². The maximum absolute atomic E-state index is 5.51. The molecule has 1 unspecified atom stereocenters. The summed E-state index contributed by atoms with van der Waals surface area (Å²) < 4.78 is 6.75. The van der Waals surface area contributed by atoms with Gasteiger partial charge in [-0.3, -0.25) is 4.98 Å². The molecule has 0 fully saturated rings. The number of nitrogens with one attached hydrogen (secondary N) is 1. The molecular formula is C13H18N2OS. The summed E-state index contributed by atoms with van der Waals surface area (Å²) in [6, 6.07) is 4.49. The van der Waals surface area contributed by atoms with E-state index in [-0.39, 0.29) is 6.04 Å². The Morgan fingerprint density at radius 2 is 2.35 bits per heavy atom. The summed E-state index contributed by atoms with van der Waals surface area (Å²) in [6.07, 6.45) is 1.95. The molecule has 3 nitrogen and oxygen atoms in total. The Balaban J connectivity index is 2.20. The molecule has 0 radical (unpaired) electrons. The van der Waals surface area contributed by atoms with E-state index >= 15 is 0 Å². The molecule has 0 aliphatic rings. The van der Waals surface area contributed by atoms with E-state index in [0.29, 0.717) is 6.61 Å². The number of aromatic nitrogens is 1. The lowest BCUT2D eigenvalue weighted by Crippen LogP contribution is -2.25.